The lowest BCUT2D eigenvalue weighted by molar-refractivity contribution is 0.660. The molecule has 0 saturated heterocycles. The molecule has 264 valence electrons. The van der Waals surface area contributed by atoms with Crippen LogP contribution in [0.25, 0.3) is 100 Å². The van der Waals surface area contributed by atoms with E-state index >= 15 is 0 Å². The highest BCUT2D eigenvalue weighted by Crippen LogP contribution is 2.50. The molecule has 0 unspecified atom stereocenters. The Hall–Kier alpha value is -7.24. The molecular weight excluding hydrogens is 685 g/mol. The van der Waals surface area contributed by atoms with Crippen molar-refractivity contribution in [2.75, 3.05) is 0 Å². The Labute approximate surface area is 324 Å². The van der Waals surface area contributed by atoms with E-state index in [0.29, 0.717) is 17.5 Å². The minimum absolute atomic E-state index is 0.0755. The molecule has 0 radical (unpaired) electrons. The topological polar surface area (TPSA) is 64.7 Å². The Kier molecular flexibility index (Phi) is 7.13. The highest BCUT2D eigenvalue weighted by atomic mass is 16.3. The third-order valence-electron chi connectivity index (χ3n) is 11.4. The third-order valence-corrected chi connectivity index (χ3v) is 11.4. The summed E-state index contributed by atoms with van der Waals surface area (Å²) in [6.45, 7) is 4.64. The SMILES string of the molecule is CC1(C)c2ccccc2-c2cc(-c3cc(-c4nc(-c5ccccc5)nc(-c5ccc6c(c5)oc5ccccc56)n4)cc(-c4cccc5ncccc45)c3)ccc21. The van der Waals surface area contributed by atoms with E-state index in [1.807, 2.05) is 66.9 Å². The number of aromatic nitrogens is 4. The number of hydrogen-bond acceptors (Lipinski definition) is 5. The van der Waals surface area contributed by atoms with Crippen LogP contribution < -0.4 is 0 Å². The molecule has 1 aliphatic rings. The second-order valence-corrected chi connectivity index (χ2v) is 15.1. The van der Waals surface area contributed by atoms with Crippen LogP contribution in [0.2, 0.25) is 0 Å². The number of nitrogens with zero attached hydrogens (tertiary/aromatic N) is 4. The van der Waals surface area contributed by atoms with E-state index in [-0.39, 0.29) is 5.41 Å². The molecule has 0 spiro atoms. The summed E-state index contributed by atoms with van der Waals surface area (Å²) in [4.78, 5) is 20.2. The molecule has 0 aliphatic heterocycles. The predicted octanol–water partition coefficient (Wildman–Crippen LogP) is 13.0. The van der Waals surface area contributed by atoms with Crippen LogP contribution in [-0.2, 0) is 5.41 Å². The number of fused-ring (bicyclic) bond motifs is 7. The molecule has 10 aromatic rings. The lowest BCUT2D eigenvalue weighted by Gasteiger charge is -2.21. The van der Waals surface area contributed by atoms with Gasteiger partial charge in [-0.05, 0) is 99.1 Å². The summed E-state index contributed by atoms with van der Waals surface area (Å²) >= 11 is 0. The van der Waals surface area contributed by atoms with E-state index in [0.717, 1.165) is 71.8 Å². The van der Waals surface area contributed by atoms with Gasteiger partial charge in [-0.2, -0.15) is 0 Å². The Morgan fingerprint density at radius 2 is 1.05 bits per heavy atom. The normalized spacial score (nSPS) is 13.0. The second kappa shape index (κ2) is 12.4. The fourth-order valence-electron chi connectivity index (χ4n) is 8.55. The van der Waals surface area contributed by atoms with E-state index in [1.165, 1.54) is 22.3 Å². The quantitative estimate of drug-likeness (QED) is 0.177. The van der Waals surface area contributed by atoms with Crippen LogP contribution in [0.3, 0.4) is 0 Å². The first-order chi connectivity index (χ1) is 27.5. The molecule has 5 nitrogen and oxygen atoms in total. The van der Waals surface area contributed by atoms with E-state index in [4.69, 9.17) is 19.4 Å². The maximum Gasteiger partial charge on any atom is 0.164 e. The van der Waals surface area contributed by atoms with Crippen molar-refractivity contribution in [2.45, 2.75) is 19.3 Å². The van der Waals surface area contributed by atoms with E-state index in [2.05, 4.69) is 122 Å². The first kappa shape index (κ1) is 32.2. The number of hydrogen-bond donors (Lipinski definition) is 0. The van der Waals surface area contributed by atoms with Crippen LogP contribution in [0, 0.1) is 0 Å². The Bertz CT molecular complexity index is 3170. The third kappa shape index (κ3) is 5.16. The van der Waals surface area contributed by atoms with Crippen molar-refractivity contribution in [2.24, 2.45) is 0 Å². The molecule has 56 heavy (non-hydrogen) atoms. The molecule has 3 aromatic heterocycles. The zero-order valence-corrected chi connectivity index (χ0v) is 30.9. The average molecular weight is 719 g/mol. The molecule has 5 heteroatoms. The zero-order valence-electron chi connectivity index (χ0n) is 30.9. The predicted molar refractivity (Wildman–Crippen MR) is 227 cm³/mol. The van der Waals surface area contributed by atoms with E-state index in [1.54, 1.807) is 0 Å². The molecule has 0 N–H and O–H groups in total. The Morgan fingerprint density at radius 1 is 0.393 bits per heavy atom. The Morgan fingerprint density at radius 3 is 1.95 bits per heavy atom. The smallest absolute Gasteiger partial charge is 0.164 e. The molecule has 0 fully saturated rings. The molecule has 1 aliphatic carbocycles. The van der Waals surface area contributed by atoms with Gasteiger partial charge in [0.1, 0.15) is 11.2 Å². The van der Waals surface area contributed by atoms with Gasteiger partial charge < -0.3 is 4.42 Å². The van der Waals surface area contributed by atoms with Crippen molar-refractivity contribution in [3.8, 4) is 67.5 Å². The standard InChI is InChI=1S/C51H34N4O/c1-51(2)43-18-8-6-14-38(43)42-29-32(22-24-44(42)51)34-26-35(37-16-10-19-45-39(37)17-11-25-52-45)28-36(27-34)50-54-48(31-12-4-3-5-13-31)53-49(55-50)33-21-23-41-40-15-7-9-20-46(40)56-47(41)30-33/h3-30H,1-2H3. The molecule has 0 atom stereocenters. The van der Waals surface area contributed by atoms with Crippen LogP contribution in [-0.4, -0.2) is 19.9 Å². The zero-order chi connectivity index (χ0) is 37.4. The highest BCUT2D eigenvalue weighted by molar-refractivity contribution is 6.05. The number of para-hydroxylation sites is 1. The van der Waals surface area contributed by atoms with Gasteiger partial charge in [-0.15, -0.1) is 0 Å². The minimum Gasteiger partial charge on any atom is -0.456 e. The summed E-state index contributed by atoms with van der Waals surface area (Å²) in [7, 11) is 0. The van der Waals surface area contributed by atoms with Gasteiger partial charge in [0, 0.05) is 44.5 Å². The van der Waals surface area contributed by atoms with Crippen LogP contribution in [0.1, 0.15) is 25.0 Å². The molecule has 0 saturated carbocycles. The van der Waals surface area contributed by atoms with Crippen LogP contribution in [0.4, 0.5) is 0 Å². The van der Waals surface area contributed by atoms with Gasteiger partial charge in [0.05, 0.1) is 5.52 Å². The fraction of sp³-hybridized carbons (Fsp3) is 0.0588. The number of rotatable bonds is 5. The van der Waals surface area contributed by atoms with Crippen molar-refractivity contribution < 1.29 is 4.42 Å². The van der Waals surface area contributed by atoms with E-state index in [9.17, 15) is 0 Å². The first-order valence-corrected chi connectivity index (χ1v) is 19.0. The van der Waals surface area contributed by atoms with Gasteiger partial charge in [-0.25, -0.2) is 15.0 Å². The molecule has 11 rings (SSSR count). The van der Waals surface area contributed by atoms with Gasteiger partial charge in [-0.1, -0.05) is 123 Å². The monoisotopic (exact) mass is 718 g/mol. The lowest BCUT2D eigenvalue weighted by atomic mass is 9.82. The summed E-state index contributed by atoms with van der Waals surface area (Å²) < 4.78 is 6.30. The van der Waals surface area contributed by atoms with Crippen molar-refractivity contribution in [3.05, 3.63) is 181 Å². The van der Waals surface area contributed by atoms with E-state index < -0.39 is 0 Å². The van der Waals surface area contributed by atoms with Crippen LogP contribution >= 0.6 is 0 Å². The van der Waals surface area contributed by atoms with Gasteiger partial charge in [0.15, 0.2) is 17.5 Å². The van der Waals surface area contributed by atoms with Gasteiger partial charge in [0.2, 0.25) is 0 Å². The van der Waals surface area contributed by atoms with Crippen LogP contribution in [0.15, 0.2) is 174 Å². The summed E-state index contributed by atoms with van der Waals surface area (Å²) in [5, 5.41) is 3.23. The Balaban J connectivity index is 1.14. The number of furan rings is 1. The number of benzene rings is 7. The highest BCUT2D eigenvalue weighted by Gasteiger charge is 2.35. The van der Waals surface area contributed by atoms with Gasteiger partial charge in [0.25, 0.3) is 0 Å². The van der Waals surface area contributed by atoms with Crippen LogP contribution in [0.5, 0.6) is 0 Å². The largest absolute Gasteiger partial charge is 0.456 e. The van der Waals surface area contributed by atoms with Crippen molar-refractivity contribution in [3.63, 3.8) is 0 Å². The average Bonchev–Trinajstić information content (AvgIpc) is 3.74. The molecule has 0 bridgehead atoms. The molecular formula is C51H34N4O. The minimum atomic E-state index is -0.0755. The second-order valence-electron chi connectivity index (χ2n) is 15.1. The van der Waals surface area contributed by atoms with Crippen molar-refractivity contribution >= 4 is 32.8 Å². The number of pyridine rings is 1. The molecule has 7 aromatic carbocycles. The molecule has 3 heterocycles. The maximum absolute atomic E-state index is 6.30. The van der Waals surface area contributed by atoms with Crippen molar-refractivity contribution in [1.29, 1.82) is 0 Å². The lowest BCUT2D eigenvalue weighted by Crippen LogP contribution is -2.14. The van der Waals surface area contributed by atoms with Crippen molar-refractivity contribution in [1.82, 2.24) is 19.9 Å². The maximum atomic E-state index is 6.30. The summed E-state index contributed by atoms with van der Waals surface area (Å²) in [6, 6.07) is 57.3. The summed E-state index contributed by atoms with van der Waals surface area (Å²) in [6.07, 6.45) is 1.85. The van der Waals surface area contributed by atoms with Gasteiger partial charge in [-0.3, -0.25) is 4.98 Å². The van der Waals surface area contributed by atoms with Gasteiger partial charge >= 0.3 is 0 Å². The molecule has 0 amide bonds. The summed E-state index contributed by atoms with van der Waals surface area (Å²) in [5.41, 5.74) is 14.8. The fourth-order valence-corrected chi connectivity index (χ4v) is 8.55. The first-order valence-electron chi connectivity index (χ1n) is 19.0. The summed E-state index contributed by atoms with van der Waals surface area (Å²) in [5.74, 6) is 1.77.